The number of aryl methyl sites for hydroxylation is 1. The number of phenols is 1. The zero-order valence-electron chi connectivity index (χ0n) is 24.4. The highest BCUT2D eigenvalue weighted by Gasteiger charge is 2.31. The molecular weight excluding hydrogens is 607 g/mol. The molecule has 1 saturated heterocycles. The number of fused-ring (bicyclic) bond motifs is 3. The molecule has 7 rings (SSSR count). The highest BCUT2D eigenvalue weighted by Crippen LogP contribution is 2.50. The van der Waals surface area contributed by atoms with Crippen molar-refractivity contribution in [2.24, 2.45) is 0 Å². The molecule has 1 aromatic carbocycles. The Hall–Kier alpha value is -4.87. The lowest BCUT2D eigenvalue weighted by molar-refractivity contribution is -0.116. The fourth-order valence-electron chi connectivity index (χ4n) is 6.34. The lowest BCUT2D eigenvalue weighted by Gasteiger charge is -2.39. The summed E-state index contributed by atoms with van der Waals surface area (Å²) in [4.78, 5) is 40.2. The number of carbonyl (C=O) groups excluding carboxylic acids is 1. The Morgan fingerprint density at radius 1 is 1.22 bits per heavy atom. The third-order valence-electron chi connectivity index (χ3n) is 8.48. The van der Waals surface area contributed by atoms with Crippen LogP contribution in [0, 0.1) is 17.3 Å². The number of phenolic OH excluding ortho intramolecular Hbond substituents is 1. The first kappa shape index (κ1) is 28.9. The molecule has 0 unspecified atom stereocenters. The zero-order chi connectivity index (χ0) is 31.6. The normalized spacial score (nSPS) is 17.5. The Bertz CT molecular complexity index is 2000. The largest absolute Gasteiger partial charge is 0.503 e. The topological polar surface area (TPSA) is 151 Å². The van der Waals surface area contributed by atoms with E-state index in [2.05, 4.69) is 15.2 Å². The van der Waals surface area contributed by atoms with Crippen molar-refractivity contribution in [2.45, 2.75) is 38.9 Å². The number of nitrogens with one attached hydrogen (secondary N) is 1. The van der Waals surface area contributed by atoms with Crippen molar-refractivity contribution in [3.63, 3.8) is 0 Å². The molecule has 4 aromatic rings. The molecule has 15 heteroatoms. The van der Waals surface area contributed by atoms with E-state index in [0.717, 1.165) is 19.5 Å². The number of pyridine rings is 1. The molecule has 3 aromatic heterocycles. The van der Waals surface area contributed by atoms with E-state index in [-0.39, 0.29) is 69.5 Å². The second-order valence-electron chi connectivity index (χ2n) is 11.4. The van der Waals surface area contributed by atoms with Crippen LogP contribution < -0.4 is 25.2 Å². The maximum absolute atomic E-state index is 14.9. The summed E-state index contributed by atoms with van der Waals surface area (Å²) < 4.78 is 29.1. The van der Waals surface area contributed by atoms with Gasteiger partial charge in [0.2, 0.25) is 24.4 Å². The molecule has 0 bridgehead atoms. The highest BCUT2D eigenvalue weighted by molar-refractivity contribution is 6.33. The number of benzene rings is 1. The molecule has 3 aliphatic rings. The monoisotopic (exact) mass is 634 g/mol. The Balaban J connectivity index is 1.28. The van der Waals surface area contributed by atoms with Gasteiger partial charge in [-0.3, -0.25) is 14.2 Å². The van der Waals surface area contributed by atoms with Crippen LogP contribution in [0.1, 0.15) is 24.7 Å². The average molecular weight is 635 g/mol. The molecule has 1 atom stereocenters. The quantitative estimate of drug-likeness (QED) is 0.314. The van der Waals surface area contributed by atoms with Crippen LogP contribution >= 0.6 is 11.6 Å². The molecule has 0 spiro atoms. The van der Waals surface area contributed by atoms with Gasteiger partial charge in [-0.25, -0.2) is 9.97 Å². The van der Waals surface area contributed by atoms with Gasteiger partial charge in [-0.1, -0.05) is 11.6 Å². The first-order valence-electron chi connectivity index (χ1n) is 14.4. The van der Waals surface area contributed by atoms with E-state index < -0.39 is 11.9 Å². The van der Waals surface area contributed by atoms with E-state index in [4.69, 9.17) is 26.1 Å². The fourth-order valence-corrected chi connectivity index (χ4v) is 6.49. The molecule has 2 N–H and O–H groups in total. The lowest BCUT2D eigenvalue weighted by Crippen LogP contribution is -2.50. The standard InChI is InChI=1S/C30H28ClFN8O5/c1-15-11-37(2)6-7-39(15)21-9-19(24(31)28(32)35-21)34-22(41)13-38-12-18(23-29(38)36-20-4-3-5-40(20)30(23)43)17-8-16(10-33)25(42)27-26(17)44-14-45-27/h8-9,12,15,42H,3-7,11,13-14H2,1-2H3,(H,34,35,41)/t15-/m0/s1. The molecule has 1 amide bonds. The summed E-state index contributed by atoms with van der Waals surface area (Å²) in [5.41, 5.74) is 0.657. The van der Waals surface area contributed by atoms with E-state index in [1.54, 1.807) is 16.8 Å². The van der Waals surface area contributed by atoms with Crippen molar-refractivity contribution in [3.05, 3.63) is 51.0 Å². The Morgan fingerprint density at radius 3 is 2.80 bits per heavy atom. The molecule has 3 aliphatic heterocycles. The zero-order valence-corrected chi connectivity index (χ0v) is 25.2. The molecule has 6 heterocycles. The average Bonchev–Trinajstić information content (AvgIpc) is 3.76. The number of anilines is 2. The molecule has 1 fully saturated rings. The summed E-state index contributed by atoms with van der Waals surface area (Å²) in [5.74, 6) is -0.674. The summed E-state index contributed by atoms with van der Waals surface area (Å²) in [6.07, 6.45) is 2.92. The number of rotatable bonds is 5. The van der Waals surface area contributed by atoms with Crippen molar-refractivity contribution in [1.29, 1.82) is 5.26 Å². The number of hydrogen-bond donors (Lipinski definition) is 2. The SMILES string of the molecule is C[C@H]1CN(C)CCN1c1cc(NC(=O)Cn2cc(-c3cc(C#N)c(O)c4c3OCO4)c3c(=O)n4c(nc32)CCC4)c(Cl)c(F)n1. The predicted molar refractivity (Wildman–Crippen MR) is 162 cm³/mol. The van der Waals surface area contributed by atoms with Gasteiger partial charge in [-0.2, -0.15) is 9.65 Å². The van der Waals surface area contributed by atoms with Crippen molar-refractivity contribution >= 4 is 40.0 Å². The third-order valence-corrected chi connectivity index (χ3v) is 8.84. The van der Waals surface area contributed by atoms with Gasteiger partial charge in [-0.15, -0.1) is 0 Å². The minimum absolute atomic E-state index is 0.00302. The second kappa shape index (κ2) is 10.9. The Kier molecular flexibility index (Phi) is 7.02. The van der Waals surface area contributed by atoms with E-state index in [1.807, 2.05) is 24.9 Å². The molecule has 0 radical (unpaired) electrons. The van der Waals surface area contributed by atoms with Crippen LogP contribution in [0.25, 0.3) is 22.2 Å². The minimum atomic E-state index is -0.897. The summed E-state index contributed by atoms with van der Waals surface area (Å²) in [5, 5.41) is 22.8. The van der Waals surface area contributed by atoms with Gasteiger partial charge < -0.3 is 34.3 Å². The van der Waals surface area contributed by atoms with Gasteiger partial charge in [-0.05, 0) is 26.5 Å². The summed E-state index contributed by atoms with van der Waals surface area (Å²) in [7, 11) is 2.02. The number of amides is 1. The number of nitriles is 1. The van der Waals surface area contributed by atoms with E-state index in [1.165, 1.54) is 10.6 Å². The van der Waals surface area contributed by atoms with E-state index in [9.17, 15) is 24.3 Å². The van der Waals surface area contributed by atoms with Gasteiger partial charge in [0, 0.05) is 62.0 Å². The number of aromatic hydroxyl groups is 1. The first-order chi connectivity index (χ1) is 21.6. The molecule has 0 saturated carbocycles. The molecule has 0 aliphatic carbocycles. The summed E-state index contributed by atoms with van der Waals surface area (Å²) >= 11 is 6.26. The maximum Gasteiger partial charge on any atom is 0.263 e. The van der Waals surface area contributed by atoms with E-state index in [0.29, 0.717) is 42.3 Å². The van der Waals surface area contributed by atoms with Crippen LogP contribution in [0.4, 0.5) is 15.9 Å². The number of carbonyl (C=O) groups is 1. The van der Waals surface area contributed by atoms with Crippen LogP contribution in [0.2, 0.25) is 5.02 Å². The van der Waals surface area contributed by atoms with Crippen molar-refractivity contribution < 1.29 is 23.8 Å². The Labute approximate surface area is 261 Å². The van der Waals surface area contributed by atoms with Crippen LogP contribution in [0.5, 0.6) is 17.2 Å². The number of likely N-dealkylation sites (N-methyl/N-ethyl adjacent to an activating group) is 1. The number of hydrogen-bond acceptors (Lipinski definition) is 10. The Morgan fingerprint density at radius 2 is 2.02 bits per heavy atom. The summed E-state index contributed by atoms with van der Waals surface area (Å²) in [6, 6.07) is 4.98. The molecule has 45 heavy (non-hydrogen) atoms. The predicted octanol–water partition coefficient (Wildman–Crippen LogP) is 3.08. The number of piperazine rings is 1. The fraction of sp³-hybridized carbons (Fsp3) is 0.367. The van der Waals surface area contributed by atoms with Gasteiger partial charge in [0.1, 0.15) is 34.9 Å². The van der Waals surface area contributed by atoms with Crippen molar-refractivity contribution in [3.8, 4) is 34.4 Å². The van der Waals surface area contributed by atoms with Crippen LogP contribution in [0.15, 0.2) is 23.1 Å². The number of halogens is 2. The number of ether oxygens (including phenoxy) is 2. The molecule has 13 nitrogen and oxygen atoms in total. The van der Waals surface area contributed by atoms with Gasteiger partial charge >= 0.3 is 0 Å². The van der Waals surface area contributed by atoms with Crippen molar-refractivity contribution in [2.75, 3.05) is 43.7 Å². The molecule has 232 valence electrons. The van der Waals surface area contributed by atoms with Crippen LogP contribution in [-0.2, 0) is 24.3 Å². The van der Waals surface area contributed by atoms with Gasteiger partial charge in [0.25, 0.3) is 5.56 Å². The van der Waals surface area contributed by atoms with Gasteiger partial charge in [0.05, 0.1) is 16.6 Å². The third kappa shape index (κ3) is 4.79. The lowest BCUT2D eigenvalue weighted by atomic mass is 10.0. The highest BCUT2D eigenvalue weighted by atomic mass is 35.5. The van der Waals surface area contributed by atoms with Crippen LogP contribution in [0.3, 0.4) is 0 Å². The van der Waals surface area contributed by atoms with Gasteiger partial charge in [0.15, 0.2) is 11.5 Å². The second-order valence-corrected chi connectivity index (χ2v) is 11.8. The van der Waals surface area contributed by atoms with Crippen molar-refractivity contribution in [1.82, 2.24) is 24.0 Å². The maximum atomic E-state index is 14.9. The first-order valence-corrected chi connectivity index (χ1v) is 14.8. The van der Waals surface area contributed by atoms with E-state index >= 15 is 0 Å². The molecular formula is C30H28ClFN8O5. The smallest absolute Gasteiger partial charge is 0.263 e. The van der Waals surface area contributed by atoms with Crippen LogP contribution in [-0.4, -0.2) is 74.5 Å². The summed E-state index contributed by atoms with van der Waals surface area (Å²) in [6.45, 7) is 4.21. The number of aromatic nitrogens is 4. The minimum Gasteiger partial charge on any atom is -0.503 e. The number of nitrogens with zero attached hydrogens (tertiary/aromatic N) is 7.